The number of nitrogens with zero attached hydrogens (tertiary/aromatic N) is 3. The molecular formula is C47H38N4O. The zero-order chi connectivity index (χ0) is 35.8. The Morgan fingerprint density at radius 2 is 0.923 bits per heavy atom. The molecular weight excluding hydrogens is 637 g/mol. The Bertz CT molecular complexity index is 2460. The highest BCUT2D eigenvalue weighted by molar-refractivity contribution is 5.85. The van der Waals surface area contributed by atoms with Crippen LogP contribution in [0.2, 0.25) is 0 Å². The molecule has 5 heteroatoms. The summed E-state index contributed by atoms with van der Waals surface area (Å²) in [4.78, 5) is 15.4. The lowest BCUT2D eigenvalue weighted by Gasteiger charge is -2.22. The molecule has 9 rings (SSSR count). The first-order valence-corrected chi connectivity index (χ1v) is 17.7. The van der Waals surface area contributed by atoms with Gasteiger partial charge in [0.2, 0.25) is 0 Å². The summed E-state index contributed by atoms with van der Waals surface area (Å²) in [6, 6.07) is 46.0. The number of para-hydroxylation sites is 2. The molecule has 7 aromatic rings. The molecule has 2 aliphatic carbocycles. The van der Waals surface area contributed by atoms with Gasteiger partial charge in [-0.1, -0.05) is 143 Å². The highest BCUT2D eigenvalue weighted by Crippen LogP contribution is 2.51. The summed E-state index contributed by atoms with van der Waals surface area (Å²) < 4.78 is 6.02. The average Bonchev–Trinajstić information content (AvgIpc) is 3.54. The first-order valence-electron chi connectivity index (χ1n) is 17.7. The zero-order valence-electron chi connectivity index (χ0n) is 29.7. The Labute approximate surface area is 304 Å². The van der Waals surface area contributed by atoms with Crippen LogP contribution in [-0.2, 0) is 10.8 Å². The summed E-state index contributed by atoms with van der Waals surface area (Å²) in [6.07, 6.45) is 0. The molecule has 0 saturated carbocycles. The summed E-state index contributed by atoms with van der Waals surface area (Å²) in [7, 11) is 0. The van der Waals surface area contributed by atoms with Crippen molar-refractivity contribution in [3.8, 4) is 62.2 Å². The lowest BCUT2D eigenvalue weighted by atomic mass is 9.82. The molecule has 0 fully saturated rings. The van der Waals surface area contributed by atoms with Gasteiger partial charge in [0.15, 0.2) is 17.5 Å². The van der Waals surface area contributed by atoms with Gasteiger partial charge in [-0.25, -0.2) is 15.0 Å². The van der Waals surface area contributed by atoms with E-state index in [1.165, 1.54) is 44.5 Å². The lowest BCUT2D eigenvalue weighted by Crippen LogP contribution is -2.15. The van der Waals surface area contributed by atoms with E-state index in [2.05, 4.69) is 119 Å². The molecule has 52 heavy (non-hydrogen) atoms. The molecule has 0 bridgehead atoms. The van der Waals surface area contributed by atoms with Gasteiger partial charge < -0.3 is 10.5 Å². The van der Waals surface area contributed by atoms with E-state index in [9.17, 15) is 0 Å². The van der Waals surface area contributed by atoms with Crippen molar-refractivity contribution in [1.82, 2.24) is 15.0 Å². The van der Waals surface area contributed by atoms with E-state index in [0.717, 1.165) is 22.3 Å². The number of nitrogen functional groups attached to an aromatic ring is 1. The molecule has 5 nitrogen and oxygen atoms in total. The molecule has 2 N–H and O–H groups in total. The van der Waals surface area contributed by atoms with Crippen LogP contribution in [0.3, 0.4) is 0 Å². The molecule has 0 unspecified atom stereocenters. The van der Waals surface area contributed by atoms with Gasteiger partial charge in [0.05, 0.1) is 5.69 Å². The van der Waals surface area contributed by atoms with E-state index in [4.69, 9.17) is 25.4 Å². The monoisotopic (exact) mass is 674 g/mol. The second kappa shape index (κ2) is 11.6. The largest absolute Gasteiger partial charge is 0.455 e. The predicted octanol–water partition coefficient (Wildman–Crippen LogP) is 11.1. The molecule has 6 aromatic carbocycles. The van der Waals surface area contributed by atoms with Gasteiger partial charge >= 0.3 is 0 Å². The summed E-state index contributed by atoms with van der Waals surface area (Å²) in [5.74, 6) is 2.94. The van der Waals surface area contributed by atoms with Crippen LogP contribution >= 0.6 is 0 Å². The smallest absolute Gasteiger partial charge is 0.164 e. The van der Waals surface area contributed by atoms with Gasteiger partial charge in [0.1, 0.15) is 11.5 Å². The Morgan fingerprint density at radius 3 is 1.44 bits per heavy atom. The Morgan fingerprint density at radius 1 is 0.500 bits per heavy atom. The summed E-state index contributed by atoms with van der Waals surface area (Å²) in [5.41, 5.74) is 20.3. The van der Waals surface area contributed by atoms with Crippen molar-refractivity contribution in [2.75, 3.05) is 5.73 Å². The first-order chi connectivity index (χ1) is 25.1. The van der Waals surface area contributed by atoms with Gasteiger partial charge in [0, 0.05) is 33.1 Å². The molecule has 0 saturated heterocycles. The van der Waals surface area contributed by atoms with Crippen LogP contribution in [0.1, 0.15) is 55.5 Å². The number of fused-ring (bicyclic) bond motifs is 6. The van der Waals surface area contributed by atoms with E-state index in [1.807, 2.05) is 48.5 Å². The molecule has 0 atom stereocenters. The van der Waals surface area contributed by atoms with Crippen molar-refractivity contribution in [3.05, 3.63) is 168 Å². The van der Waals surface area contributed by atoms with Gasteiger partial charge in [-0.05, 0) is 68.8 Å². The topological polar surface area (TPSA) is 73.9 Å². The number of ether oxygens (including phenoxy) is 1. The second-order valence-electron chi connectivity index (χ2n) is 14.8. The number of rotatable bonds is 6. The zero-order valence-corrected chi connectivity index (χ0v) is 29.7. The minimum atomic E-state index is -0.147. The molecule has 252 valence electrons. The predicted molar refractivity (Wildman–Crippen MR) is 212 cm³/mol. The maximum absolute atomic E-state index is 6.12. The van der Waals surface area contributed by atoms with Crippen LogP contribution < -0.4 is 10.5 Å². The van der Waals surface area contributed by atoms with Crippen molar-refractivity contribution in [1.29, 1.82) is 0 Å². The summed E-state index contributed by atoms with van der Waals surface area (Å²) in [5, 5.41) is 0. The molecule has 1 aromatic heterocycles. The van der Waals surface area contributed by atoms with E-state index in [-0.39, 0.29) is 10.8 Å². The summed E-state index contributed by atoms with van der Waals surface area (Å²) in [6.45, 7) is 13.3. The second-order valence-corrected chi connectivity index (χ2v) is 14.8. The van der Waals surface area contributed by atoms with Crippen LogP contribution in [0.5, 0.6) is 5.75 Å². The number of hydrogen-bond donors (Lipinski definition) is 1. The van der Waals surface area contributed by atoms with Crippen LogP contribution in [0.15, 0.2) is 140 Å². The third-order valence-corrected chi connectivity index (χ3v) is 10.9. The average molecular weight is 675 g/mol. The van der Waals surface area contributed by atoms with E-state index in [1.54, 1.807) is 0 Å². The van der Waals surface area contributed by atoms with Gasteiger partial charge in [0.25, 0.3) is 0 Å². The van der Waals surface area contributed by atoms with Crippen LogP contribution in [0.25, 0.3) is 62.2 Å². The van der Waals surface area contributed by atoms with Gasteiger partial charge in [-0.2, -0.15) is 0 Å². The molecule has 0 amide bonds. The van der Waals surface area contributed by atoms with Crippen molar-refractivity contribution in [3.63, 3.8) is 0 Å². The number of nitrogens with two attached hydrogens (primary N) is 1. The van der Waals surface area contributed by atoms with Crippen molar-refractivity contribution in [2.45, 2.75) is 38.5 Å². The molecule has 0 aliphatic heterocycles. The third kappa shape index (κ3) is 4.96. The number of benzene rings is 6. The molecule has 0 spiro atoms. The molecule has 0 radical (unpaired) electrons. The van der Waals surface area contributed by atoms with Crippen molar-refractivity contribution < 1.29 is 4.74 Å². The Balaban J connectivity index is 1.15. The highest BCUT2D eigenvalue weighted by atomic mass is 16.5. The first kappa shape index (κ1) is 31.6. The standard InChI is InChI=1S/C47H38N4O/c1-28(52-42-17-11-10-16-41(42)48)29-18-20-30(21-19-29)43-49-44(31-22-24-35-33-12-6-8-14-37(33)46(2,3)39(35)26-31)51-45(50-43)32-23-25-36-34-13-7-9-15-38(34)47(4,5)40(36)27-32/h6-27H,1,48H2,2-5H3. The van der Waals surface area contributed by atoms with E-state index in [0.29, 0.717) is 34.7 Å². The quantitative estimate of drug-likeness (QED) is 0.140. The fourth-order valence-electron chi connectivity index (χ4n) is 8.02. The summed E-state index contributed by atoms with van der Waals surface area (Å²) >= 11 is 0. The maximum Gasteiger partial charge on any atom is 0.164 e. The fourth-order valence-corrected chi connectivity index (χ4v) is 8.02. The van der Waals surface area contributed by atoms with Crippen LogP contribution in [-0.4, -0.2) is 15.0 Å². The van der Waals surface area contributed by atoms with Crippen LogP contribution in [0.4, 0.5) is 5.69 Å². The normalized spacial score (nSPS) is 14.2. The Hall–Kier alpha value is -6.33. The molecule has 1 heterocycles. The SMILES string of the molecule is C=C(Oc1ccccc1N)c1ccc(-c2nc(-c3ccc4c(c3)C(C)(C)c3ccccc3-4)nc(-c3ccc4c(c3)C(C)(C)c3ccccc3-4)n2)cc1. The number of aromatic nitrogens is 3. The third-order valence-electron chi connectivity index (χ3n) is 10.9. The minimum absolute atomic E-state index is 0.147. The lowest BCUT2D eigenvalue weighted by molar-refractivity contribution is 0.519. The molecule has 2 aliphatic rings. The van der Waals surface area contributed by atoms with Gasteiger partial charge in [-0.3, -0.25) is 0 Å². The number of hydrogen-bond acceptors (Lipinski definition) is 5. The number of anilines is 1. The highest BCUT2D eigenvalue weighted by Gasteiger charge is 2.37. The van der Waals surface area contributed by atoms with Crippen molar-refractivity contribution >= 4 is 11.4 Å². The van der Waals surface area contributed by atoms with Crippen LogP contribution in [0, 0.1) is 0 Å². The van der Waals surface area contributed by atoms with Crippen molar-refractivity contribution in [2.24, 2.45) is 0 Å². The maximum atomic E-state index is 6.12. The van der Waals surface area contributed by atoms with E-state index >= 15 is 0 Å². The van der Waals surface area contributed by atoms with Gasteiger partial charge in [-0.15, -0.1) is 0 Å². The minimum Gasteiger partial charge on any atom is -0.455 e. The fraction of sp³-hybridized carbons (Fsp3) is 0.128. The van der Waals surface area contributed by atoms with E-state index < -0.39 is 0 Å². The Kier molecular flexibility index (Phi) is 7.06.